The lowest BCUT2D eigenvalue weighted by atomic mass is 10.2. The van der Waals surface area contributed by atoms with E-state index in [-0.39, 0.29) is 12.0 Å². The molecule has 26 heavy (non-hydrogen) atoms. The van der Waals surface area contributed by atoms with Gasteiger partial charge in [-0.2, -0.15) is 10.2 Å². The van der Waals surface area contributed by atoms with Crippen LogP contribution >= 0.6 is 0 Å². The molecule has 1 N–H and O–H groups in total. The molecular formula is C18H18N8. The second-order valence-electron chi connectivity index (χ2n) is 5.51. The molecule has 2 aromatic heterocycles. The van der Waals surface area contributed by atoms with Crippen LogP contribution in [0.25, 0.3) is 11.5 Å². The van der Waals surface area contributed by atoms with E-state index < -0.39 is 0 Å². The molecule has 0 amide bonds. The van der Waals surface area contributed by atoms with Crippen LogP contribution in [-0.2, 0) is 0 Å². The Morgan fingerprint density at radius 3 is 2.65 bits per heavy atom. The van der Waals surface area contributed by atoms with E-state index in [9.17, 15) is 0 Å². The Balaban J connectivity index is 1.71. The van der Waals surface area contributed by atoms with Crippen LogP contribution in [0.15, 0.2) is 58.9 Å². The highest BCUT2D eigenvalue weighted by atomic mass is 15.3. The smallest absolute Gasteiger partial charge is 0.287 e. The van der Waals surface area contributed by atoms with E-state index in [1.54, 1.807) is 6.20 Å². The lowest BCUT2D eigenvalue weighted by Gasteiger charge is -2.25. The predicted octanol–water partition coefficient (Wildman–Crippen LogP) is 4.02. The highest BCUT2D eigenvalue weighted by Gasteiger charge is 2.11. The molecule has 0 aliphatic carbocycles. The number of aromatic nitrogens is 4. The van der Waals surface area contributed by atoms with E-state index in [4.69, 9.17) is 5.26 Å². The minimum Gasteiger partial charge on any atom is -0.356 e. The fourth-order valence-corrected chi connectivity index (χ4v) is 2.48. The van der Waals surface area contributed by atoms with Gasteiger partial charge in [-0.25, -0.2) is 0 Å². The first kappa shape index (κ1) is 17.2. The maximum absolute atomic E-state index is 9.10. The van der Waals surface area contributed by atoms with Crippen LogP contribution < -0.4 is 4.90 Å². The summed E-state index contributed by atoms with van der Waals surface area (Å²) in [4.78, 5) is 10.5. The summed E-state index contributed by atoms with van der Waals surface area (Å²) in [5.41, 5.74) is 2.34. The van der Waals surface area contributed by atoms with E-state index >= 15 is 0 Å². The van der Waals surface area contributed by atoms with Gasteiger partial charge in [-0.1, -0.05) is 6.07 Å². The molecule has 0 fully saturated rings. The SMILES string of the molecule is CCN(c1ccc(N=Nc2n[nH]c(-c3ccccn3)n2)cc1)C(C)C#N. The van der Waals surface area contributed by atoms with Gasteiger partial charge in [0.25, 0.3) is 5.95 Å². The van der Waals surface area contributed by atoms with E-state index in [1.807, 2.05) is 61.2 Å². The van der Waals surface area contributed by atoms with Gasteiger partial charge >= 0.3 is 0 Å². The Bertz CT molecular complexity index is 908. The third kappa shape index (κ3) is 3.89. The lowest BCUT2D eigenvalue weighted by Crippen LogP contribution is -2.31. The standard InChI is InChI=1S/C18H18N8/c1-3-26(13(2)12-19)15-9-7-14(8-10-15)22-24-18-21-17(23-25-18)16-6-4-5-11-20-16/h4-11,13H,3H2,1-2H3,(H,21,23,25). The van der Waals surface area contributed by atoms with Crippen LogP contribution in [0.5, 0.6) is 0 Å². The van der Waals surface area contributed by atoms with E-state index in [2.05, 4.69) is 36.5 Å². The van der Waals surface area contributed by atoms with Crippen molar-refractivity contribution in [3.8, 4) is 17.6 Å². The van der Waals surface area contributed by atoms with Crippen LogP contribution in [0.3, 0.4) is 0 Å². The molecule has 2 heterocycles. The summed E-state index contributed by atoms with van der Waals surface area (Å²) in [7, 11) is 0. The van der Waals surface area contributed by atoms with E-state index in [0.29, 0.717) is 17.2 Å². The zero-order chi connectivity index (χ0) is 18.4. The van der Waals surface area contributed by atoms with E-state index in [0.717, 1.165) is 12.2 Å². The molecule has 1 aromatic carbocycles. The molecule has 0 saturated heterocycles. The Morgan fingerprint density at radius 2 is 2.00 bits per heavy atom. The number of pyridine rings is 1. The van der Waals surface area contributed by atoms with Crippen molar-refractivity contribution in [1.82, 2.24) is 20.2 Å². The zero-order valence-corrected chi connectivity index (χ0v) is 14.5. The molecule has 0 aliphatic rings. The first-order valence-electron chi connectivity index (χ1n) is 8.23. The molecular weight excluding hydrogens is 328 g/mol. The monoisotopic (exact) mass is 346 g/mol. The predicted molar refractivity (Wildman–Crippen MR) is 98.3 cm³/mol. The lowest BCUT2D eigenvalue weighted by molar-refractivity contribution is 0.768. The molecule has 0 saturated carbocycles. The number of H-pyrrole nitrogens is 1. The van der Waals surface area contributed by atoms with Crippen LogP contribution in [0.1, 0.15) is 13.8 Å². The minimum atomic E-state index is -0.189. The number of anilines is 1. The van der Waals surface area contributed by atoms with Gasteiger partial charge in [-0.15, -0.1) is 15.3 Å². The maximum Gasteiger partial charge on any atom is 0.287 e. The van der Waals surface area contributed by atoms with Crippen LogP contribution in [0.2, 0.25) is 0 Å². The summed E-state index contributed by atoms with van der Waals surface area (Å²) in [5.74, 6) is 0.780. The van der Waals surface area contributed by atoms with Crippen molar-refractivity contribution >= 4 is 17.3 Å². The molecule has 130 valence electrons. The Kier molecular flexibility index (Phi) is 5.29. The fourth-order valence-electron chi connectivity index (χ4n) is 2.48. The summed E-state index contributed by atoms with van der Waals surface area (Å²) < 4.78 is 0. The van der Waals surface area contributed by atoms with Gasteiger partial charge in [-0.3, -0.25) is 10.1 Å². The summed E-state index contributed by atoms with van der Waals surface area (Å²) in [6, 6.07) is 15.1. The van der Waals surface area contributed by atoms with Gasteiger partial charge in [0.2, 0.25) is 0 Å². The molecule has 0 radical (unpaired) electrons. The highest BCUT2D eigenvalue weighted by molar-refractivity contribution is 5.54. The molecule has 8 nitrogen and oxygen atoms in total. The van der Waals surface area contributed by atoms with Crippen molar-refractivity contribution in [3.05, 3.63) is 48.7 Å². The van der Waals surface area contributed by atoms with E-state index in [1.165, 1.54) is 0 Å². The normalized spacial score (nSPS) is 12.0. The summed E-state index contributed by atoms with van der Waals surface area (Å²) in [6.45, 7) is 4.65. The van der Waals surface area contributed by atoms with Gasteiger partial charge in [-0.05, 0) is 50.2 Å². The summed E-state index contributed by atoms with van der Waals surface area (Å²) in [6.07, 6.45) is 1.69. The third-order valence-corrected chi connectivity index (χ3v) is 3.81. The van der Waals surface area contributed by atoms with Gasteiger partial charge in [0.05, 0.1) is 11.8 Å². The number of hydrogen-bond donors (Lipinski definition) is 1. The second kappa shape index (κ2) is 7.98. The number of aromatic amines is 1. The van der Waals surface area contributed by atoms with Crippen LogP contribution in [-0.4, -0.2) is 32.8 Å². The fraction of sp³-hybridized carbons (Fsp3) is 0.222. The molecule has 0 spiro atoms. The van der Waals surface area contributed by atoms with Gasteiger partial charge in [0, 0.05) is 18.4 Å². The van der Waals surface area contributed by atoms with Crippen molar-refractivity contribution in [2.24, 2.45) is 10.2 Å². The number of nitrogens with one attached hydrogen (secondary N) is 1. The molecule has 8 heteroatoms. The Morgan fingerprint density at radius 1 is 1.19 bits per heavy atom. The number of azo groups is 1. The van der Waals surface area contributed by atoms with Crippen molar-refractivity contribution < 1.29 is 0 Å². The maximum atomic E-state index is 9.10. The minimum absolute atomic E-state index is 0.189. The topological polar surface area (TPSA) is 106 Å². The molecule has 1 atom stereocenters. The molecule has 0 bridgehead atoms. The van der Waals surface area contributed by atoms with Crippen molar-refractivity contribution in [3.63, 3.8) is 0 Å². The Labute approximate surface area is 151 Å². The average molecular weight is 346 g/mol. The van der Waals surface area contributed by atoms with Gasteiger partial charge < -0.3 is 4.90 Å². The van der Waals surface area contributed by atoms with Crippen molar-refractivity contribution in [2.45, 2.75) is 19.9 Å². The quantitative estimate of drug-likeness (QED) is 0.678. The number of benzene rings is 1. The molecule has 3 rings (SSSR count). The number of hydrogen-bond acceptors (Lipinski definition) is 7. The molecule has 0 aliphatic heterocycles. The number of rotatable bonds is 6. The van der Waals surface area contributed by atoms with Crippen LogP contribution in [0.4, 0.5) is 17.3 Å². The molecule has 3 aromatic rings. The largest absolute Gasteiger partial charge is 0.356 e. The van der Waals surface area contributed by atoms with Crippen molar-refractivity contribution in [1.29, 1.82) is 5.26 Å². The Hall–Kier alpha value is -3.60. The van der Waals surface area contributed by atoms with Crippen LogP contribution in [0, 0.1) is 11.3 Å². The zero-order valence-electron chi connectivity index (χ0n) is 14.5. The highest BCUT2D eigenvalue weighted by Crippen LogP contribution is 2.23. The third-order valence-electron chi connectivity index (χ3n) is 3.81. The first-order valence-corrected chi connectivity index (χ1v) is 8.23. The first-order chi connectivity index (χ1) is 12.7. The number of nitriles is 1. The van der Waals surface area contributed by atoms with Gasteiger partial charge in [0.1, 0.15) is 11.7 Å². The summed E-state index contributed by atoms with van der Waals surface area (Å²) >= 11 is 0. The van der Waals surface area contributed by atoms with Crippen molar-refractivity contribution in [2.75, 3.05) is 11.4 Å². The average Bonchev–Trinajstić information content (AvgIpc) is 3.17. The number of nitrogens with zero attached hydrogens (tertiary/aromatic N) is 7. The molecule has 1 unspecified atom stereocenters. The van der Waals surface area contributed by atoms with Gasteiger partial charge in [0.15, 0.2) is 5.82 Å². The second-order valence-corrected chi connectivity index (χ2v) is 5.51. The summed E-state index contributed by atoms with van der Waals surface area (Å²) in [5, 5.41) is 24.1.